The molecule has 1 N–H and O–H groups in total. The molecule has 0 aromatic heterocycles. The van der Waals surface area contributed by atoms with Crippen LogP contribution >= 0.6 is 0 Å². The van der Waals surface area contributed by atoms with E-state index in [4.69, 9.17) is 4.74 Å². The lowest BCUT2D eigenvalue weighted by molar-refractivity contribution is 0.231. The van der Waals surface area contributed by atoms with Gasteiger partial charge in [0.15, 0.2) is 0 Å². The Bertz CT molecular complexity index is 354. The van der Waals surface area contributed by atoms with E-state index in [9.17, 15) is 0 Å². The predicted octanol–water partition coefficient (Wildman–Crippen LogP) is 2.91. The molecule has 0 amide bonds. The molecule has 1 unspecified atom stereocenters. The van der Waals surface area contributed by atoms with Crippen molar-refractivity contribution in [3.05, 3.63) is 29.8 Å². The van der Waals surface area contributed by atoms with Crippen LogP contribution in [0.15, 0.2) is 24.3 Å². The summed E-state index contributed by atoms with van der Waals surface area (Å²) < 4.78 is 5.40. The Morgan fingerprint density at radius 1 is 1.32 bits per heavy atom. The third kappa shape index (κ3) is 5.62. The highest BCUT2D eigenvalue weighted by Gasteiger charge is 2.11. The van der Waals surface area contributed by atoms with Crippen LogP contribution in [0.3, 0.4) is 0 Å². The van der Waals surface area contributed by atoms with E-state index in [2.05, 4.69) is 43.2 Å². The molecule has 1 aromatic carbocycles. The zero-order chi connectivity index (χ0) is 14.1. The summed E-state index contributed by atoms with van der Waals surface area (Å²) in [5, 5.41) is 3.37. The molecule has 0 bridgehead atoms. The maximum atomic E-state index is 5.40. The average Bonchev–Trinajstić information content (AvgIpc) is 2.44. The number of methoxy groups -OCH3 is 1. The monoisotopic (exact) mass is 264 g/mol. The Kier molecular flexibility index (Phi) is 7.53. The van der Waals surface area contributed by atoms with Crippen molar-refractivity contribution in [2.75, 3.05) is 27.2 Å². The third-order valence-electron chi connectivity index (χ3n) is 3.59. The number of benzene rings is 1. The maximum Gasteiger partial charge on any atom is 0.123 e. The van der Waals surface area contributed by atoms with E-state index in [1.54, 1.807) is 7.11 Å². The summed E-state index contributed by atoms with van der Waals surface area (Å²) >= 11 is 0. The molecule has 1 atom stereocenters. The van der Waals surface area contributed by atoms with Crippen LogP contribution in [0.5, 0.6) is 5.75 Å². The topological polar surface area (TPSA) is 24.5 Å². The quantitative estimate of drug-likeness (QED) is 0.694. The van der Waals surface area contributed by atoms with Gasteiger partial charge in [0.2, 0.25) is 0 Å². The van der Waals surface area contributed by atoms with E-state index < -0.39 is 0 Å². The van der Waals surface area contributed by atoms with Crippen LogP contribution in [-0.2, 0) is 6.54 Å². The first-order chi connectivity index (χ1) is 9.19. The number of hydrogen-bond donors (Lipinski definition) is 1. The summed E-state index contributed by atoms with van der Waals surface area (Å²) in [6.45, 7) is 7.56. The summed E-state index contributed by atoms with van der Waals surface area (Å²) in [4.78, 5) is 2.39. The highest BCUT2D eigenvalue weighted by Crippen LogP contribution is 2.20. The Morgan fingerprint density at radius 2 is 2.05 bits per heavy atom. The van der Waals surface area contributed by atoms with Crippen molar-refractivity contribution in [1.82, 2.24) is 10.2 Å². The molecule has 0 spiro atoms. The highest BCUT2D eigenvalue weighted by molar-refractivity contribution is 5.33. The van der Waals surface area contributed by atoms with Crippen molar-refractivity contribution in [2.45, 2.75) is 39.3 Å². The van der Waals surface area contributed by atoms with Crippen molar-refractivity contribution in [2.24, 2.45) is 0 Å². The second kappa shape index (κ2) is 8.94. The SMILES string of the molecule is CCNCCCC(C)N(C)Cc1ccccc1OC. The smallest absolute Gasteiger partial charge is 0.123 e. The Balaban J connectivity index is 2.42. The molecule has 0 aliphatic heterocycles. The van der Waals surface area contributed by atoms with E-state index in [1.165, 1.54) is 18.4 Å². The van der Waals surface area contributed by atoms with Crippen LogP contribution < -0.4 is 10.1 Å². The van der Waals surface area contributed by atoms with E-state index in [-0.39, 0.29) is 0 Å². The minimum atomic E-state index is 0.587. The summed E-state index contributed by atoms with van der Waals surface area (Å²) in [6, 6.07) is 8.84. The molecule has 0 aliphatic carbocycles. The first-order valence-corrected chi connectivity index (χ1v) is 7.21. The van der Waals surface area contributed by atoms with Crippen LogP contribution in [0.2, 0.25) is 0 Å². The molecular formula is C16H28N2O. The summed E-state index contributed by atoms with van der Waals surface area (Å²) in [6.07, 6.45) is 2.45. The standard InChI is InChI=1S/C16H28N2O/c1-5-17-12-8-9-14(2)18(3)13-15-10-6-7-11-16(15)19-4/h6-7,10-11,14,17H,5,8-9,12-13H2,1-4H3. The van der Waals surface area contributed by atoms with Crippen LogP contribution in [-0.4, -0.2) is 38.2 Å². The van der Waals surface area contributed by atoms with Gasteiger partial charge in [-0.1, -0.05) is 25.1 Å². The largest absolute Gasteiger partial charge is 0.496 e. The Labute approximate surface area is 118 Å². The van der Waals surface area contributed by atoms with Crippen molar-refractivity contribution < 1.29 is 4.74 Å². The van der Waals surface area contributed by atoms with E-state index >= 15 is 0 Å². The van der Waals surface area contributed by atoms with Gasteiger partial charge < -0.3 is 10.1 Å². The number of nitrogens with one attached hydrogen (secondary N) is 1. The normalized spacial score (nSPS) is 12.7. The lowest BCUT2D eigenvalue weighted by Crippen LogP contribution is -2.29. The van der Waals surface area contributed by atoms with E-state index in [0.29, 0.717) is 6.04 Å². The molecule has 3 heteroatoms. The van der Waals surface area contributed by atoms with Gasteiger partial charge in [-0.25, -0.2) is 0 Å². The van der Waals surface area contributed by atoms with Crippen LogP contribution in [0.1, 0.15) is 32.3 Å². The van der Waals surface area contributed by atoms with Crippen molar-refractivity contribution >= 4 is 0 Å². The summed E-state index contributed by atoms with van der Waals surface area (Å²) in [5.74, 6) is 0.981. The molecule has 0 saturated heterocycles. The summed E-state index contributed by atoms with van der Waals surface area (Å²) in [7, 11) is 3.92. The van der Waals surface area contributed by atoms with Gasteiger partial charge in [-0.15, -0.1) is 0 Å². The van der Waals surface area contributed by atoms with Crippen molar-refractivity contribution in [1.29, 1.82) is 0 Å². The first-order valence-electron chi connectivity index (χ1n) is 7.21. The lowest BCUT2D eigenvalue weighted by atomic mass is 10.1. The molecule has 0 heterocycles. The van der Waals surface area contributed by atoms with Gasteiger partial charge in [-0.05, 0) is 46.0 Å². The second-order valence-electron chi connectivity index (χ2n) is 5.07. The van der Waals surface area contributed by atoms with Gasteiger partial charge in [0, 0.05) is 18.2 Å². The molecule has 0 aliphatic rings. The van der Waals surface area contributed by atoms with E-state index in [1.807, 2.05) is 12.1 Å². The third-order valence-corrected chi connectivity index (χ3v) is 3.59. The fourth-order valence-corrected chi connectivity index (χ4v) is 2.18. The second-order valence-corrected chi connectivity index (χ2v) is 5.07. The zero-order valence-corrected chi connectivity index (χ0v) is 12.8. The predicted molar refractivity (Wildman–Crippen MR) is 81.7 cm³/mol. The highest BCUT2D eigenvalue weighted by atomic mass is 16.5. The van der Waals surface area contributed by atoms with Crippen LogP contribution in [0.4, 0.5) is 0 Å². The summed E-state index contributed by atoms with van der Waals surface area (Å²) in [5.41, 5.74) is 1.26. The minimum absolute atomic E-state index is 0.587. The Morgan fingerprint density at radius 3 is 2.74 bits per heavy atom. The molecule has 19 heavy (non-hydrogen) atoms. The molecule has 0 radical (unpaired) electrons. The molecule has 3 nitrogen and oxygen atoms in total. The number of rotatable bonds is 9. The average molecular weight is 264 g/mol. The maximum absolute atomic E-state index is 5.40. The van der Waals surface area contributed by atoms with Gasteiger partial charge in [-0.2, -0.15) is 0 Å². The van der Waals surface area contributed by atoms with Gasteiger partial charge in [0.05, 0.1) is 7.11 Å². The fourth-order valence-electron chi connectivity index (χ4n) is 2.18. The molecule has 1 aromatic rings. The number of ether oxygens (including phenoxy) is 1. The van der Waals surface area contributed by atoms with Crippen molar-refractivity contribution in [3.63, 3.8) is 0 Å². The van der Waals surface area contributed by atoms with Gasteiger partial charge >= 0.3 is 0 Å². The van der Waals surface area contributed by atoms with Crippen LogP contribution in [0.25, 0.3) is 0 Å². The number of hydrogen-bond acceptors (Lipinski definition) is 3. The van der Waals surface area contributed by atoms with Gasteiger partial charge in [0.25, 0.3) is 0 Å². The van der Waals surface area contributed by atoms with E-state index in [0.717, 1.165) is 25.4 Å². The minimum Gasteiger partial charge on any atom is -0.496 e. The molecule has 108 valence electrons. The number of para-hydroxylation sites is 1. The Hall–Kier alpha value is -1.06. The molecule has 0 saturated carbocycles. The van der Waals surface area contributed by atoms with Crippen LogP contribution in [0, 0.1) is 0 Å². The lowest BCUT2D eigenvalue weighted by Gasteiger charge is -2.25. The fraction of sp³-hybridized carbons (Fsp3) is 0.625. The molecular weight excluding hydrogens is 236 g/mol. The van der Waals surface area contributed by atoms with Crippen molar-refractivity contribution in [3.8, 4) is 5.75 Å². The molecule has 1 rings (SSSR count). The van der Waals surface area contributed by atoms with Gasteiger partial charge in [0.1, 0.15) is 5.75 Å². The molecule has 0 fully saturated rings. The number of nitrogens with zero attached hydrogens (tertiary/aromatic N) is 1. The van der Waals surface area contributed by atoms with Gasteiger partial charge in [-0.3, -0.25) is 4.90 Å². The zero-order valence-electron chi connectivity index (χ0n) is 12.8. The first kappa shape index (κ1) is 16.0.